The minimum absolute atomic E-state index is 0.187. The van der Waals surface area contributed by atoms with Crippen LogP contribution in [-0.2, 0) is 11.2 Å². The SMILES string of the molecule is O=C(O)CC1(Cc2nc3cc(Cl)ccc3o2)CCCC1. The number of carboxylic acid groups (broad SMARTS) is 1. The van der Waals surface area contributed by atoms with Gasteiger partial charge in [0.1, 0.15) is 5.52 Å². The van der Waals surface area contributed by atoms with Crippen LogP contribution in [-0.4, -0.2) is 16.1 Å². The van der Waals surface area contributed by atoms with E-state index >= 15 is 0 Å². The van der Waals surface area contributed by atoms with Gasteiger partial charge in [0.15, 0.2) is 11.5 Å². The minimum Gasteiger partial charge on any atom is -0.481 e. The first-order chi connectivity index (χ1) is 9.56. The van der Waals surface area contributed by atoms with Crippen LogP contribution < -0.4 is 0 Å². The zero-order valence-electron chi connectivity index (χ0n) is 11.1. The van der Waals surface area contributed by atoms with Crippen molar-refractivity contribution in [2.24, 2.45) is 5.41 Å². The molecule has 1 aliphatic rings. The Labute approximate surface area is 121 Å². The van der Waals surface area contributed by atoms with Crippen LogP contribution in [0.15, 0.2) is 22.6 Å². The number of hydrogen-bond donors (Lipinski definition) is 1. The Kier molecular flexibility index (Phi) is 3.42. The lowest BCUT2D eigenvalue weighted by Gasteiger charge is -2.25. The van der Waals surface area contributed by atoms with Crippen LogP contribution in [0.2, 0.25) is 5.02 Å². The number of nitrogens with zero attached hydrogens (tertiary/aromatic N) is 1. The molecule has 1 heterocycles. The van der Waals surface area contributed by atoms with E-state index in [4.69, 9.17) is 21.1 Å². The van der Waals surface area contributed by atoms with E-state index in [1.165, 1.54) is 0 Å². The van der Waals surface area contributed by atoms with Gasteiger partial charge in [-0.05, 0) is 36.5 Å². The van der Waals surface area contributed by atoms with E-state index in [-0.39, 0.29) is 11.8 Å². The summed E-state index contributed by atoms with van der Waals surface area (Å²) in [5, 5.41) is 9.75. The molecule has 2 aromatic rings. The summed E-state index contributed by atoms with van der Waals surface area (Å²) in [4.78, 5) is 15.5. The van der Waals surface area contributed by atoms with Crippen molar-refractivity contribution in [2.45, 2.75) is 38.5 Å². The van der Waals surface area contributed by atoms with Crippen LogP contribution in [0, 0.1) is 5.41 Å². The fourth-order valence-electron chi connectivity index (χ4n) is 3.21. The Hall–Kier alpha value is -1.55. The highest BCUT2D eigenvalue weighted by Gasteiger charge is 2.37. The van der Waals surface area contributed by atoms with E-state index in [1.54, 1.807) is 18.2 Å². The fraction of sp³-hybridized carbons (Fsp3) is 0.467. The Morgan fingerprint density at radius 2 is 2.15 bits per heavy atom. The molecule has 106 valence electrons. The number of aromatic nitrogens is 1. The molecule has 5 heteroatoms. The number of aliphatic carboxylic acids is 1. The van der Waals surface area contributed by atoms with Crippen LogP contribution in [0.3, 0.4) is 0 Å². The third kappa shape index (κ3) is 2.66. The number of rotatable bonds is 4. The van der Waals surface area contributed by atoms with Gasteiger partial charge < -0.3 is 9.52 Å². The molecule has 1 aromatic carbocycles. The summed E-state index contributed by atoms with van der Waals surface area (Å²) >= 11 is 5.94. The second-order valence-corrected chi connectivity index (χ2v) is 6.11. The van der Waals surface area contributed by atoms with Gasteiger partial charge in [-0.15, -0.1) is 0 Å². The van der Waals surface area contributed by atoms with E-state index in [0.717, 1.165) is 31.2 Å². The zero-order valence-corrected chi connectivity index (χ0v) is 11.8. The molecule has 0 unspecified atom stereocenters. The van der Waals surface area contributed by atoms with Crippen molar-refractivity contribution in [1.82, 2.24) is 4.98 Å². The number of hydrogen-bond acceptors (Lipinski definition) is 3. The predicted octanol–water partition coefficient (Wildman–Crippen LogP) is 4.06. The summed E-state index contributed by atoms with van der Waals surface area (Å²) in [7, 11) is 0. The van der Waals surface area contributed by atoms with Gasteiger partial charge >= 0.3 is 5.97 Å². The molecule has 4 nitrogen and oxygen atoms in total. The highest BCUT2D eigenvalue weighted by atomic mass is 35.5. The number of benzene rings is 1. The van der Waals surface area contributed by atoms with Gasteiger partial charge in [0.05, 0.1) is 6.42 Å². The molecule has 0 spiro atoms. The van der Waals surface area contributed by atoms with Gasteiger partial charge in [-0.2, -0.15) is 0 Å². The first-order valence-electron chi connectivity index (χ1n) is 6.83. The largest absolute Gasteiger partial charge is 0.481 e. The average Bonchev–Trinajstić information content (AvgIpc) is 2.94. The highest BCUT2D eigenvalue weighted by Crippen LogP contribution is 2.44. The van der Waals surface area contributed by atoms with Gasteiger partial charge in [0.2, 0.25) is 0 Å². The lowest BCUT2D eigenvalue weighted by Crippen LogP contribution is -2.23. The van der Waals surface area contributed by atoms with Crippen molar-refractivity contribution >= 4 is 28.7 Å². The third-order valence-electron chi connectivity index (χ3n) is 4.11. The summed E-state index contributed by atoms with van der Waals surface area (Å²) in [5.74, 6) is -0.128. The Morgan fingerprint density at radius 1 is 1.40 bits per heavy atom. The average molecular weight is 294 g/mol. The van der Waals surface area contributed by atoms with Gasteiger partial charge in [-0.25, -0.2) is 4.98 Å². The van der Waals surface area contributed by atoms with E-state index in [9.17, 15) is 4.79 Å². The maximum Gasteiger partial charge on any atom is 0.303 e. The number of oxazole rings is 1. The fourth-order valence-corrected chi connectivity index (χ4v) is 3.37. The molecule has 1 saturated carbocycles. The molecular formula is C15H16ClNO3. The molecule has 1 N–H and O–H groups in total. The van der Waals surface area contributed by atoms with Crippen LogP contribution in [0.25, 0.3) is 11.1 Å². The van der Waals surface area contributed by atoms with E-state index in [0.29, 0.717) is 22.9 Å². The number of carbonyl (C=O) groups is 1. The first kappa shape index (κ1) is 13.4. The van der Waals surface area contributed by atoms with Crippen molar-refractivity contribution < 1.29 is 14.3 Å². The van der Waals surface area contributed by atoms with E-state index < -0.39 is 5.97 Å². The Bertz CT molecular complexity index is 644. The Balaban J connectivity index is 1.88. The molecule has 0 amide bonds. The van der Waals surface area contributed by atoms with Crippen LogP contribution in [0.1, 0.15) is 38.0 Å². The number of halogens is 1. The maximum atomic E-state index is 11.1. The lowest BCUT2D eigenvalue weighted by molar-refractivity contribution is -0.139. The van der Waals surface area contributed by atoms with Crippen molar-refractivity contribution in [3.8, 4) is 0 Å². The maximum absolute atomic E-state index is 11.1. The predicted molar refractivity (Wildman–Crippen MR) is 75.9 cm³/mol. The normalized spacial score (nSPS) is 17.6. The van der Waals surface area contributed by atoms with Crippen molar-refractivity contribution in [1.29, 1.82) is 0 Å². The topological polar surface area (TPSA) is 63.3 Å². The highest BCUT2D eigenvalue weighted by molar-refractivity contribution is 6.31. The van der Waals surface area contributed by atoms with E-state index in [1.807, 2.05) is 0 Å². The first-order valence-corrected chi connectivity index (χ1v) is 7.21. The molecule has 20 heavy (non-hydrogen) atoms. The molecule has 3 rings (SSSR count). The molecule has 1 aliphatic carbocycles. The van der Waals surface area contributed by atoms with Gasteiger partial charge in [-0.3, -0.25) is 4.79 Å². The molecule has 1 aromatic heterocycles. The monoisotopic (exact) mass is 293 g/mol. The van der Waals surface area contributed by atoms with E-state index in [2.05, 4.69) is 4.98 Å². The summed E-state index contributed by atoms with van der Waals surface area (Å²) < 4.78 is 5.73. The second kappa shape index (κ2) is 5.09. The van der Waals surface area contributed by atoms with Crippen LogP contribution in [0.5, 0.6) is 0 Å². The van der Waals surface area contributed by atoms with Crippen LogP contribution in [0.4, 0.5) is 0 Å². The smallest absolute Gasteiger partial charge is 0.303 e. The van der Waals surface area contributed by atoms with Crippen LogP contribution >= 0.6 is 11.6 Å². The Morgan fingerprint density at radius 3 is 2.85 bits per heavy atom. The second-order valence-electron chi connectivity index (χ2n) is 5.67. The summed E-state index contributed by atoms with van der Waals surface area (Å²) in [6.07, 6.45) is 4.80. The molecule has 0 aliphatic heterocycles. The molecule has 0 bridgehead atoms. The van der Waals surface area contributed by atoms with Crippen molar-refractivity contribution in [3.05, 3.63) is 29.1 Å². The van der Waals surface area contributed by atoms with Gasteiger partial charge in [-0.1, -0.05) is 24.4 Å². The summed E-state index contributed by atoms with van der Waals surface area (Å²) in [6.45, 7) is 0. The molecule has 0 atom stereocenters. The molecule has 1 fully saturated rings. The van der Waals surface area contributed by atoms with Gasteiger partial charge in [0.25, 0.3) is 0 Å². The lowest BCUT2D eigenvalue weighted by atomic mass is 9.79. The van der Waals surface area contributed by atoms with Crippen molar-refractivity contribution in [2.75, 3.05) is 0 Å². The summed E-state index contributed by atoms with van der Waals surface area (Å²) in [6, 6.07) is 5.33. The molecule has 0 radical (unpaired) electrons. The number of carboxylic acids is 1. The molecular weight excluding hydrogens is 278 g/mol. The zero-order chi connectivity index (χ0) is 14.2. The molecule has 0 saturated heterocycles. The van der Waals surface area contributed by atoms with Crippen molar-refractivity contribution in [3.63, 3.8) is 0 Å². The number of fused-ring (bicyclic) bond motifs is 1. The minimum atomic E-state index is -0.744. The quantitative estimate of drug-likeness (QED) is 0.923. The third-order valence-corrected chi connectivity index (χ3v) is 4.35. The van der Waals surface area contributed by atoms with Gasteiger partial charge in [0, 0.05) is 11.4 Å². The standard InChI is InChI=1S/C15H16ClNO3/c16-10-3-4-12-11(7-10)17-13(20-12)8-15(9-14(18)19)5-1-2-6-15/h3-4,7H,1-2,5-6,8-9H2,(H,18,19). The summed E-state index contributed by atoms with van der Waals surface area (Å²) in [5.41, 5.74) is 1.24.